The zero-order valence-corrected chi connectivity index (χ0v) is 11.3. The number of para-hydroxylation sites is 1. The highest BCUT2D eigenvalue weighted by Gasteiger charge is 2.03. The van der Waals surface area contributed by atoms with E-state index in [1.54, 1.807) is 11.3 Å². The predicted molar refractivity (Wildman–Crippen MR) is 74.5 cm³/mol. The minimum Gasteiger partial charge on any atom is -0.315 e. The third-order valence-corrected chi connectivity index (χ3v) is 3.42. The molecule has 0 spiro atoms. The van der Waals surface area contributed by atoms with Gasteiger partial charge in [-0.3, -0.25) is 0 Å². The van der Waals surface area contributed by atoms with Crippen LogP contribution >= 0.6 is 11.3 Å². The highest BCUT2D eigenvalue weighted by Crippen LogP contribution is 2.16. The lowest BCUT2D eigenvalue weighted by Crippen LogP contribution is -2.14. The summed E-state index contributed by atoms with van der Waals surface area (Å²) < 4.78 is 3.51. The first-order valence-electron chi connectivity index (χ1n) is 5.85. The van der Waals surface area contributed by atoms with Crippen molar-refractivity contribution in [3.63, 3.8) is 0 Å². The number of aromatic nitrogens is 1. The molecule has 0 aliphatic rings. The molecule has 0 bridgehead atoms. The van der Waals surface area contributed by atoms with Crippen LogP contribution in [0.1, 0.15) is 27.2 Å². The Labute approximate surface area is 105 Å². The zero-order chi connectivity index (χ0) is 12.3. The molecular formula is C13H17N3S. The second-order valence-corrected chi connectivity index (χ2v) is 5.16. The molecule has 1 aromatic heterocycles. The Morgan fingerprint density at radius 2 is 2.06 bits per heavy atom. The van der Waals surface area contributed by atoms with Crippen molar-refractivity contribution in [2.24, 2.45) is 10.2 Å². The summed E-state index contributed by atoms with van der Waals surface area (Å²) in [5, 5.41) is 8.50. The largest absolute Gasteiger partial charge is 0.315 e. The summed E-state index contributed by atoms with van der Waals surface area (Å²) >= 11 is 1.70. The van der Waals surface area contributed by atoms with Gasteiger partial charge >= 0.3 is 0 Å². The number of hydrogen-bond donors (Lipinski definition) is 0. The van der Waals surface area contributed by atoms with Crippen LogP contribution in [0.15, 0.2) is 34.5 Å². The lowest BCUT2D eigenvalue weighted by molar-refractivity contribution is 0.677. The van der Waals surface area contributed by atoms with Gasteiger partial charge in [0.25, 0.3) is 0 Å². The summed E-state index contributed by atoms with van der Waals surface area (Å²) in [6.07, 6.45) is 1.10. The first-order chi connectivity index (χ1) is 8.22. The normalized spacial score (nSPS) is 12.1. The van der Waals surface area contributed by atoms with Gasteiger partial charge < -0.3 is 4.57 Å². The molecule has 90 valence electrons. The minimum atomic E-state index is 0.977. The first kappa shape index (κ1) is 12.0. The second kappa shape index (κ2) is 5.27. The zero-order valence-electron chi connectivity index (χ0n) is 10.5. The number of fused-ring (bicyclic) bond motifs is 1. The smallest absolute Gasteiger partial charge is 0.211 e. The van der Waals surface area contributed by atoms with Crippen molar-refractivity contribution >= 4 is 27.3 Å². The Balaban J connectivity index is 2.65. The van der Waals surface area contributed by atoms with Gasteiger partial charge in [-0.2, -0.15) is 5.10 Å². The molecule has 0 N–H and O–H groups in total. The quantitative estimate of drug-likeness (QED) is 0.587. The van der Waals surface area contributed by atoms with Gasteiger partial charge in [-0.15, -0.1) is 5.10 Å². The predicted octanol–water partition coefficient (Wildman–Crippen LogP) is 3.41. The number of hydrogen-bond acceptors (Lipinski definition) is 3. The third-order valence-electron chi connectivity index (χ3n) is 2.37. The average Bonchev–Trinajstić information content (AvgIpc) is 2.66. The Hall–Kier alpha value is -1.42. The Kier molecular flexibility index (Phi) is 3.74. The molecule has 2 aromatic rings. The van der Waals surface area contributed by atoms with Gasteiger partial charge in [-0.05, 0) is 32.4 Å². The van der Waals surface area contributed by atoms with Gasteiger partial charge in [0, 0.05) is 12.3 Å². The van der Waals surface area contributed by atoms with Crippen molar-refractivity contribution in [2.45, 2.75) is 33.7 Å². The average molecular weight is 247 g/mol. The van der Waals surface area contributed by atoms with Gasteiger partial charge in [-0.1, -0.05) is 30.4 Å². The molecule has 1 aromatic carbocycles. The fraction of sp³-hybridized carbons (Fsp3) is 0.385. The number of thiazole rings is 1. The van der Waals surface area contributed by atoms with Crippen LogP contribution in [0.3, 0.4) is 0 Å². The van der Waals surface area contributed by atoms with Crippen LogP contribution in [0, 0.1) is 0 Å². The van der Waals surface area contributed by atoms with E-state index in [0.717, 1.165) is 23.5 Å². The molecule has 0 radical (unpaired) electrons. The summed E-state index contributed by atoms with van der Waals surface area (Å²) in [5.74, 6) is 0. The Morgan fingerprint density at radius 1 is 1.29 bits per heavy atom. The van der Waals surface area contributed by atoms with Gasteiger partial charge in [-0.25, -0.2) is 0 Å². The summed E-state index contributed by atoms with van der Waals surface area (Å²) in [6.45, 7) is 7.08. The molecule has 1 heterocycles. The summed E-state index contributed by atoms with van der Waals surface area (Å²) in [6, 6.07) is 8.41. The molecule has 0 amide bonds. The van der Waals surface area contributed by atoms with Crippen LogP contribution < -0.4 is 4.80 Å². The van der Waals surface area contributed by atoms with Crippen molar-refractivity contribution in [2.75, 3.05) is 0 Å². The Bertz CT molecular complexity index is 600. The van der Waals surface area contributed by atoms with Crippen molar-refractivity contribution in [3.8, 4) is 0 Å². The van der Waals surface area contributed by atoms with Crippen molar-refractivity contribution in [1.29, 1.82) is 0 Å². The second-order valence-electron chi connectivity index (χ2n) is 4.15. The van der Waals surface area contributed by atoms with Crippen LogP contribution in [-0.2, 0) is 6.54 Å². The molecule has 0 unspecified atom stereocenters. The molecule has 0 aliphatic carbocycles. The van der Waals surface area contributed by atoms with Crippen molar-refractivity contribution < 1.29 is 0 Å². The summed E-state index contributed by atoms with van der Waals surface area (Å²) in [4.78, 5) is 0.981. The monoisotopic (exact) mass is 247 g/mol. The van der Waals surface area contributed by atoms with Gasteiger partial charge in [0.05, 0.1) is 10.2 Å². The Morgan fingerprint density at radius 3 is 2.76 bits per heavy atom. The molecule has 2 rings (SSSR count). The maximum Gasteiger partial charge on any atom is 0.211 e. The summed E-state index contributed by atoms with van der Waals surface area (Å²) in [7, 11) is 0. The van der Waals surface area contributed by atoms with E-state index in [2.05, 4.69) is 46.0 Å². The minimum absolute atomic E-state index is 0.977. The standard InChI is InChI=1S/C13H17N3S/c1-4-9-16-11-7-5-6-8-12(11)17-13(16)15-14-10(2)3/h5-8H,4,9H2,1-3H3. The molecule has 4 heteroatoms. The third kappa shape index (κ3) is 2.64. The summed E-state index contributed by atoms with van der Waals surface area (Å²) in [5.41, 5.74) is 2.23. The van der Waals surface area contributed by atoms with Gasteiger partial charge in [0.1, 0.15) is 0 Å². The molecule has 0 aliphatic heterocycles. The van der Waals surface area contributed by atoms with Gasteiger partial charge in [0.15, 0.2) is 0 Å². The van der Waals surface area contributed by atoms with E-state index in [1.807, 2.05) is 13.8 Å². The number of aryl methyl sites for hydroxylation is 1. The van der Waals surface area contributed by atoms with Crippen LogP contribution in [-0.4, -0.2) is 10.3 Å². The fourth-order valence-electron chi connectivity index (χ4n) is 1.68. The SMILES string of the molecule is CCCn1c(=NN=C(C)C)sc2ccccc21. The van der Waals surface area contributed by atoms with E-state index >= 15 is 0 Å². The van der Waals surface area contributed by atoms with Crippen LogP contribution in [0.2, 0.25) is 0 Å². The maximum atomic E-state index is 4.33. The lowest BCUT2D eigenvalue weighted by Gasteiger charge is -2.01. The molecular weight excluding hydrogens is 230 g/mol. The lowest BCUT2D eigenvalue weighted by atomic mass is 10.3. The fourth-order valence-corrected chi connectivity index (χ4v) is 2.69. The molecule has 0 atom stereocenters. The molecule has 3 nitrogen and oxygen atoms in total. The maximum absolute atomic E-state index is 4.33. The highest BCUT2D eigenvalue weighted by molar-refractivity contribution is 7.16. The van der Waals surface area contributed by atoms with E-state index < -0.39 is 0 Å². The number of benzene rings is 1. The number of rotatable bonds is 3. The number of nitrogens with zero attached hydrogens (tertiary/aromatic N) is 3. The van der Waals surface area contributed by atoms with Crippen LogP contribution in [0.5, 0.6) is 0 Å². The van der Waals surface area contributed by atoms with E-state index in [-0.39, 0.29) is 0 Å². The molecule has 0 saturated carbocycles. The van der Waals surface area contributed by atoms with Gasteiger partial charge in [0.2, 0.25) is 4.80 Å². The molecule has 0 saturated heterocycles. The van der Waals surface area contributed by atoms with Crippen molar-refractivity contribution in [1.82, 2.24) is 4.57 Å². The van der Waals surface area contributed by atoms with E-state index in [0.29, 0.717) is 0 Å². The molecule has 17 heavy (non-hydrogen) atoms. The topological polar surface area (TPSA) is 29.6 Å². The molecule has 0 fully saturated rings. The van der Waals surface area contributed by atoms with Crippen LogP contribution in [0.25, 0.3) is 10.2 Å². The van der Waals surface area contributed by atoms with E-state index in [1.165, 1.54) is 10.2 Å². The first-order valence-corrected chi connectivity index (χ1v) is 6.67. The van der Waals surface area contributed by atoms with Crippen LogP contribution in [0.4, 0.5) is 0 Å². The van der Waals surface area contributed by atoms with E-state index in [9.17, 15) is 0 Å². The highest BCUT2D eigenvalue weighted by atomic mass is 32.1. The van der Waals surface area contributed by atoms with Crippen molar-refractivity contribution in [3.05, 3.63) is 29.1 Å². The van der Waals surface area contributed by atoms with E-state index in [4.69, 9.17) is 0 Å².